The summed E-state index contributed by atoms with van der Waals surface area (Å²) in [6.07, 6.45) is 6.69. The van der Waals surface area contributed by atoms with Crippen LogP contribution in [0.5, 0.6) is 5.75 Å². The van der Waals surface area contributed by atoms with Gasteiger partial charge in [0.25, 0.3) is 0 Å². The van der Waals surface area contributed by atoms with Gasteiger partial charge in [-0.2, -0.15) is 0 Å². The molecule has 0 saturated carbocycles. The lowest BCUT2D eigenvalue weighted by atomic mass is 10.1. The summed E-state index contributed by atoms with van der Waals surface area (Å²) < 4.78 is 5.85. The van der Waals surface area contributed by atoms with Crippen LogP contribution in [-0.2, 0) is 6.54 Å². The third-order valence-corrected chi connectivity index (χ3v) is 5.97. The smallest absolute Gasteiger partial charge is 0.327 e. The van der Waals surface area contributed by atoms with Gasteiger partial charge in [-0.15, -0.1) is 0 Å². The summed E-state index contributed by atoms with van der Waals surface area (Å²) in [7, 11) is 0. The fourth-order valence-corrected chi connectivity index (χ4v) is 4.03. The highest BCUT2D eigenvalue weighted by Gasteiger charge is 2.31. The van der Waals surface area contributed by atoms with Crippen LogP contribution in [0.25, 0.3) is 5.70 Å². The van der Waals surface area contributed by atoms with E-state index in [-0.39, 0.29) is 18.2 Å². The number of nitrogens with zero attached hydrogens (tertiary/aromatic N) is 2. The SMILES string of the molecule is CCCCOc1cccc(C2=CC3=CN(c4ccc(CNCCCN=C(N)N)cc4)C(=O)NC3N2)c1. The maximum absolute atomic E-state index is 12.8. The second-order valence-corrected chi connectivity index (χ2v) is 8.82. The lowest BCUT2D eigenvalue weighted by Crippen LogP contribution is -2.51. The van der Waals surface area contributed by atoms with Gasteiger partial charge in [0.2, 0.25) is 0 Å². The number of rotatable bonds is 12. The molecular formula is C27H35N7O2. The van der Waals surface area contributed by atoms with E-state index in [0.717, 1.165) is 66.2 Å². The van der Waals surface area contributed by atoms with Crippen molar-refractivity contribution in [2.24, 2.45) is 16.5 Å². The van der Waals surface area contributed by atoms with E-state index in [4.69, 9.17) is 16.2 Å². The molecule has 4 rings (SSSR count). The molecule has 2 aliphatic heterocycles. The molecule has 0 bridgehead atoms. The number of unbranched alkanes of at least 4 members (excludes halogenated alkanes) is 1. The number of guanidine groups is 1. The Morgan fingerprint density at radius 3 is 2.75 bits per heavy atom. The van der Waals surface area contributed by atoms with Crippen molar-refractivity contribution in [1.29, 1.82) is 0 Å². The van der Waals surface area contributed by atoms with Crippen molar-refractivity contribution in [3.8, 4) is 5.75 Å². The van der Waals surface area contributed by atoms with Crippen molar-refractivity contribution in [3.05, 3.63) is 77.5 Å². The normalized spacial score (nSPS) is 16.4. The van der Waals surface area contributed by atoms with E-state index in [0.29, 0.717) is 13.2 Å². The van der Waals surface area contributed by atoms with Crippen molar-refractivity contribution in [3.63, 3.8) is 0 Å². The van der Waals surface area contributed by atoms with Gasteiger partial charge in [-0.3, -0.25) is 9.89 Å². The highest BCUT2D eigenvalue weighted by Crippen LogP contribution is 2.29. The number of aliphatic imine (C=N–C) groups is 1. The number of carbonyl (C=O) groups excluding carboxylic acids is 1. The first-order valence-corrected chi connectivity index (χ1v) is 12.4. The Morgan fingerprint density at radius 1 is 1.14 bits per heavy atom. The number of amides is 2. The number of carbonyl (C=O) groups is 1. The molecule has 2 aromatic rings. The molecule has 0 aliphatic carbocycles. The lowest BCUT2D eigenvalue weighted by molar-refractivity contribution is 0.244. The molecule has 9 heteroatoms. The predicted octanol–water partition coefficient (Wildman–Crippen LogP) is 3.00. The Kier molecular flexibility index (Phi) is 8.46. The zero-order valence-corrected chi connectivity index (χ0v) is 20.7. The van der Waals surface area contributed by atoms with Crippen LogP contribution >= 0.6 is 0 Å². The molecule has 36 heavy (non-hydrogen) atoms. The quantitative estimate of drug-likeness (QED) is 0.177. The lowest BCUT2D eigenvalue weighted by Gasteiger charge is -2.29. The first kappa shape index (κ1) is 25.1. The Labute approximate surface area is 212 Å². The maximum Gasteiger partial charge on any atom is 0.327 e. The van der Waals surface area contributed by atoms with Crippen LogP contribution in [0.1, 0.15) is 37.3 Å². The van der Waals surface area contributed by atoms with Gasteiger partial charge in [-0.1, -0.05) is 37.6 Å². The van der Waals surface area contributed by atoms with Crippen LogP contribution in [0.2, 0.25) is 0 Å². The number of anilines is 1. The molecule has 2 aliphatic rings. The number of benzene rings is 2. The summed E-state index contributed by atoms with van der Waals surface area (Å²) in [5.74, 6) is 0.969. The maximum atomic E-state index is 12.8. The fourth-order valence-electron chi connectivity index (χ4n) is 4.03. The Morgan fingerprint density at radius 2 is 1.97 bits per heavy atom. The number of nitrogens with two attached hydrogens (primary N) is 2. The number of fused-ring (bicyclic) bond motifs is 1. The van der Waals surface area contributed by atoms with Crippen molar-refractivity contribution < 1.29 is 9.53 Å². The highest BCUT2D eigenvalue weighted by molar-refractivity contribution is 5.96. The van der Waals surface area contributed by atoms with Gasteiger partial charge in [0, 0.05) is 36.1 Å². The molecule has 0 fully saturated rings. The average molecular weight is 490 g/mol. The Balaban J connectivity index is 1.38. The largest absolute Gasteiger partial charge is 0.494 e. The minimum absolute atomic E-state index is 0.121. The fraction of sp³-hybridized carbons (Fsp3) is 0.333. The van der Waals surface area contributed by atoms with Crippen LogP contribution in [0, 0.1) is 0 Å². The molecule has 190 valence electrons. The second-order valence-electron chi connectivity index (χ2n) is 8.82. The molecule has 0 aromatic heterocycles. The van der Waals surface area contributed by atoms with E-state index in [1.807, 2.05) is 54.7 Å². The monoisotopic (exact) mass is 489 g/mol. The topological polar surface area (TPSA) is 130 Å². The molecule has 1 atom stereocenters. The average Bonchev–Trinajstić information content (AvgIpc) is 3.29. The van der Waals surface area contributed by atoms with Crippen molar-refractivity contribution >= 4 is 23.4 Å². The molecule has 0 saturated heterocycles. The van der Waals surface area contributed by atoms with Gasteiger partial charge < -0.3 is 32.2 Å². The van der Waals surface area contributed by atoms with Gasteiger partial charge in [-0.25, -0.2) is 4.79 Å². The van der Waals surface area contributed by atoms with Gasteiger partial charge in [0.15, 0.2) is 5.96 Å². The van der Waals surface area contributed by atoms with Gasteiger partial charge in [0.1, 0.15) is 11.9 Å². The summed E-state index contributed by atoms with van der Waals surface area (Å²) in [6.45, 7) is 5.01. The minimum Gasteiger partial charge on any atom is -0.494 e. The molecular weight excluding hydrogens is 454 g/mol. The molecule has 0 radical (unpaired) electrons. The molecule has 2 heterocycles. The first-order valence-electron chi connectivity index (χ1n) is 12.4. The third kappa shape index (κ3) is 6.57. The van der Waals surface area contributed by atoms with E-state index >= 15 is 0 Å². The van der Waals surface area contributed by atoms with Crippen molar-refractivity contribution in [1.82, 2.24) is 16.0 Å². The number of hydrogen-bond acceptors (Lipinski definition) is 5. The molecule has 2 amide bonds. The summed E-state index contributed by atoms with van der Waals surface area (Å²) in [6, 6.07) is 15.8. The van der Waals surface area contributed by atoms with Crippen LogP contribution in [0.15, 0.2) is 71.4 Å². The van der Waals surface area contributed by atoms with Gasteiger partial charge >= 0.3 is 6.03 Å². The summed E-state index contributed by atoms with van der Waals surface area (Å²) >= 11 is 0. The number of hydrogen-bond donors (Lipinski definition) is 5. The predicted molar refractivity (Wildman–Crippen MR) is 144 cm³/mol. The summed E-state index contributed by atoms with van der Waals surface area (Å²) in [5, 5.41) is 9.82. The van der Waals surface area contributed by atoms with Gasteiger partial charge in [-0.05, 0) is 55.3 Å². The number of ether oxygens (including phenoxy) is 1. The van der Waals surface area contributed by atoms with E-state index in [2.05, 4.69) is 33.9 Å². The number of urea groups is 1. The highest BCUT2D eigenvalue weighted by atomic mass is 16.5. The van der Waals surface area contributed by atoms with E-state index in [1.165, 1.54) is 0 Å². The summed E-state index contributed by atoms with van der Waals surface area (Å²) in [4.78, 5) is 18.4. The number of nitrogens with one attached hydrogen (secondary N) is 3. The van der Waals surface area contributed by atoms with E-state index in [9.17, 15) is 4.79 Å². The molecule has 9 nitrogen and oxygen atoms in total. The zero-order valence-electron chi connectivity index (χ0n) is 20.7. The van der Waals surface area contributed by atoms with Crippen molar-refractivity contribution in [2.75, 3.05) is 24.6 Å². The second kappa shape index (κ2) is 12.1. The van der Waals surface area contributed by atoms with Crippen molar-refractivity contribution in [2.45, 2.75) is 38.9 Å². The van der Waals surface area contributed by atoms with E-state index < -0.39 is 0 Å². The first-order chi connectivity index (χ1) is 17.5. The standard InChI is InChI=1S/C27H35N7O2/c1-2-3-14-36-23-7-4-6-20(15-23)24-16-21-18-34(27(35)33-25(21)32-24)22-10-8-19(9-11-22)17-30-12-5-13-31-26(28)29/h4,6-11,15-16,18,25,30,32H,2-3,5,12-14,17H2,1H3,(H,33,35)(H4,28,29,31). The molecule has 1 unspecified atom stereocenters. The minimum atomic E-state index is -0.254. The summed E-state index contributed by atoms with van der Waals surface area (Å²) in [5.41, 5.74) is 15.6. The zero-order chi connectivity index (χ0) is 25.3. The molecule has 0 spiro atoms. The molecule has 2 aromatic carbocycles. The Bertz CT molecular complexity index is 1140. The Hall–Kier alpha value is -3.98. The molecule has 7 N–H and O–H groups in total. The van der Waals surface area contributed by atoms with Gasteiger partial charge in [0.05, 0.1) is 12.3 Å². The third-order valence-electron chi connectivity index (χ3n) is 5.97. The van der Waals surface area contributed by atoms with Crippen LogP contribution in [0.4, 0.5) is 10.5 Å². The van der Waals surface area contributed by atoms with Crippen LogP contribution < -0.4 is 37.1 Å². The van der Waals surface area contributed by atoms with E-state index in [1.54, 1.807) is 4.90 Å². The van der Waals surface area contributed by atoms with Crippen LogP contribution in [0.3, 0.4) is 0 Å². The van der Waals surface area contributed by atoms with Crippen LogP contribution in [-0.4, -0.2) is 37.9 Å².